The molecule has 0 aromatic rings. The molecule has 0 saturated carbocycles. The predicted octanol–water partition coefficient (Wildman–Crippen LogP) is 20.4. The Morgan fingerprint density at radius 3 is 0.849 bits per heavy atom. The molecule has 1 unspecified atom stereocenters. The van der Waals surface area contributed by atoms with Gasteiger partial charge in [0.2, 0.25) is 0 Å². The van der Waals surface area contributed by atoms with Crippen molar-refractivity contribution in [3.63, 3.8) is 0 Å². The fourth-order valence-electron chi connectivity index (χ4n) is 7.98. The number of carbonyl (C=O) groups is 3. The molecule has 0 aliphatic heterocycles. The Morgan fingerprint density at radius 2 is 0.534 bits per heavy atom. The summed E-state index contributed by atoms with van der Waals surface area (Å²) in [5.41, 5.74) is 0. The SMILES string of the molecule is CC/C=C\C/C=C\C/C=C\C/C=C\C/C=C\C/C=C\CCCCCCCCC(=O)OCC(COC(=O)CCCCCCC/C=C\CCCCCCCC)OC(=O)CCCCCCC/C=C\C/C=C\C/C=C\CC. The third kappa shape index (κ3) is 58.6. The van der Waals surface area contributed by atoms with Crippen molar-refractivity contribution < 1.29 is 28.6 Å². The van der Waals surface area contributed by atoms with Crippen LogP contribution < -0.4 is 0 Å². The smallest absolute Gasteiger partial charge is 0.306 e. The van der Waals surface area contributed by atoms with E-state index in [4.69, 9.17) is 14.2 Å². The van der Waals surface area contributed by atoms with E-state index >= 15 is 0 Å². The van der Waals surface area contributed by atoms with Gasteiger partial charge in [0, 0.05) is 19.3 Å². The molecule has 0 aromatic heterocycles. The molecule has 0 spiro atoms. The van der Waals surface area contributed by atoms with E-state index in [1.54, 1.807) is 0 Å². The normalized spacial score (nSPS) is 13.0. The molecular weight excluding hydrogens is 901 g/mol. The van der Waals surface area contributed by atoms with Gasteiger partial charge in [0.25, 0.3) is 0 Å². The number of ether oxygens (including phenoxy) is 3. The Bertz CT molecular complexity index is 1540. The summed E-state index contributed by atoms with van der Waals surface area (Å²) in [6, 6.07) is 0. The van der Waals surface area contributed by atoms with Gasteiger partial charge in [-0.3, -0.25) is 14.4 Å². The zero-order valence-electron chi connectivity index (χ0n) is 47.4. The van der Waals surface area contributed by atoms with Gasteiger partial charge in [0.05, 0.1) is 0 Å². The lowest BCUT2D eigenvalue weighted by Crippen LogP contribution is -2.30. The molecule has 1 atom stereocenters. The third-order valence-electron chi connectivity index (χ3n) is 12.4. The Balaban J connectivity index is 4.42. The van der Waals surface area contributed by atoms with Crippen molar-refractivity contribution >= 4 is 17.9 Å². The first-order valence-electron chi connectivity index (χ1n) is 30.0. The maximum Gasteiger partial charge on any atom is 0.306 e. The van der Waals surface area contributed by atoms with Crippen molar-refractivity contribution in [2.24, 2.45) is 0 Å². The second-order valence-electron chi connectivity index (χ2n) is 19.5. The minimum atomic E-state index is -0.801. The van der Waals surface area contributed by atoms with Gasteiger partial charge in [0.15, 0.2) is 6.10 Å². The molecule has 0 radical (unpaired) electrons. The quantitative estimate of drug-likeness (QED) is 0.0261. The fraction of sp³-hybridized carbons (Fsp3) is 0.657. The molecule has 0 saturated heterocycles. The van der Waals surface area contributed by atoms with Gasteiger partial charge in [-0.25, -0.2) is 0 Å². The average molecular weight is 1010 g/mol. The monoisotopic (exact) mass is 1010 g/mol. The summed E-state index contributed by atoms with van der Waals surface area (Å²) >= 11 is 0. The molecular formula is C67H110O6. The van der Waals surface area contributed by atoms with Crippen molar-refractivity contribution in [3.05, 3.63) is 122 Å². The van der Waals surface area contributed by atoms with E-state index in [1.165, 1.54) is 70.6 Å². The van der Waals surface area contributed by atoms with Crippen LogP contribution in [0.25, 0.3) is 0 Å². The van der Waals surface area contributed by atoms with Gasteiger partial charge in [0.1, 0.15) is 13.2 Å². The maximum absolute atomic E-state index is 12.9. The van der Waals surface area contributed by atoms with Crippen molar-refractivity contribution in [2.45, 2.75) is 271 Å². The van der Waals surface area contributed by atoms with E-state index in [2.05, 4.69) is 142 Å². The van der Waals surface area contributed by atoms with Crippen LogP contribution in [0.15, 0.2) is 122 Å². The highest BCUT2D eigenvalue weighted by molar-refractivity contribution is 5.71. The second kappa shape index (κ2) is 60.4. The van der Waals surface area contributed by atoms with E-state index in [1.807, 2.05) is 0 Å². The summed E-state index contributed by atoms with van der Waals surface area (Å²) in [5.74, 6) is -0.936. The molecule has 0 aliphatic rings. The number of unbranched alkanes of at least 4 members (excludes halogenated alkanes) is 22. The van der Waals surface area contributed by atoms with Crippen LogP contribution in [0.3, 0.4) is 0 Å². The van der Waals surface area contributed by atoms with Crippen LogP contribution in [0.5, 0.6) is 0 Å². The number of esters is 3. The van der Waals surface area contributed by atoms with Gasteiger partial charge in [-0.05, 0) is 128 Å². The molecule has 6 nitrogen and oxygen atoms in total. The van der Waals surface area contributed by atoms with Crippen molar-refractivity contribution in [3.8, 4) is 0 Å². The number of hydrogen-bond acceptors (Lipinski definition) is 6. The largest absolute Gasteiger partial charge is 0.462 e. The summed E-state index contributed by atoms with van der Waals surface area (Å²) in [4.78, 5) is 38.2. The van der Waals surface area contributed by atoms with Crippen LogP contribution in [-0.4, -0.2) is 37.2 Å². The molecule has 0 aliphatic carbocycles. The highest BCUT2D eigenvalue weighted by Gasteiger charge is 2.19. The molecule has 0 rings (SSSR count). The van der Waals surface area contributed by atoms with Gasteiger partial charge in [-0.2, -0.15) is 0 Å². The lowest BCUT2D eigenvalue weighted by Gasteiger charge is -2.18. The minimum absolute atomic E-state index is 0.0965. The standard InChI is InChI=1S/C67H110O6/c1-4-7-10-13-16-19-22-25-28-29-30-31-32-33-34-35-36-37-40-42-45-48-51-54-57-60-66(69)72-63-64(73-67(70)61-58-55-52-49-46-43-39-27-24-21-18-15-12-9-6-3)62-71-65(68)59-56-53-50-47-44-41-38-26-23-20-17-14-11-8-5-2/h7,9-10,12,16,18-19,21,25-28,30-31,33-34,36-39,64H,4-6,8,11,13-15,17,20,22-24,29,32,35,40-63H2,1-3H3/b10-7-,12-9-,19-16-,21-18-,28-25-,31-30-,34-33-,37-36-,38-26-,39-27-. The van der Waals surface area contributed by atoms with Gasteiger partial charge in [-0.1, -0.05) is 239 Å². The number of carbonyl (C=O) groups excluding carboxylic acids is 3. The first-order valence-corrected chi connectivity index (χ1v) is 30.0. The molecule has 0 fully saturated rings. The third-order valence-corrected chi connectivity index (χ3v) is 12.4. The Kier molecular flexibility index (Phi) is 56.9. The first kappa shape index (κ1) is 68.8. The van der Waals surface area contributed by atoms with Crippen molar-refractivity contribution in [1.82, 2.24) is 0 Å². The van der Waals surface area contributed by atoms with Crippen molar-refractivity contribution in [1.29, 1.82) is 0 Å². The van der Waals surface area contributed by atoms with Crippen LogP contribution >= 0.6 is 0 Å². The van der Waals surface area contributed by atoms with E-state index < -0.39 is 6.10 Å². The molecule has 0 bridgehead atoms. The second-order valence-corrected chi connectivity index (χ2v) is 19.5. The van der Waals surface area contributed by atoms with E-state index in [9.17, 15) is 14.4 Å². The van der Waals surface area contributed by atoms with Gasteiger partial charge in [-0.15, -0.1) is 0 Å². The number of rotatable bonds is 53. The van der Waals surface area contributed by atoms with Gasteiger partial charge >= 0.3 is 17.9 Å². The summed E-state index contributed by atoms with van der Waals surface area (Å²) in [7, 11) is 0. The molecule has 0 amide bonds. The van der Waals surface area contributed by atoms with Crippen LogP contribution in [0.2, 0.25) is 0 Å². The Labute approximate surface area is 450 Å². The predicted molar refractivity (Wildman–Crippen MR) is 316 cm³/mol. The number of hydrogen-bond donors (Lipinski definition) is 0. The average Bonchev–Trinajstić information content (AvgIpc) is 3.39. The lowest BCUT2D eigenvalue weighted by molar-refractivity contribution is -0.167. The Hall–Kier alpha value is -4.19. The van der Waals surface area contributed by atoms with Crippen LogP contribution in [0.4, 0.5) is 0 Å². The maximum atomic E-state index is 12.9. The fourth-order valence-corrected chi connectivity index (χ4v) is 7.98. The molecule has 6 heteroatoms. The summed E-state index contributed by atoms with van der Waals surface area (Å²) < 4.78 is 16.9. The van der Waals surface area contributed by atoms with E-state index in [0.717, 1.165) is 154 Å². The van der Waals surface area contributed by atoms with E-state index in [0.29, 0.717) is 19.3 Å². The molecule has 0 heterocycles. The molecule has 0 N–H and O–H groups in total. The summed E-state index contributed by atoms with van der Waals surface area (Å²) in [6.07, 6.45) is 83.3. The van der Waals surface area contributed by atoms with Crippen LogP contribution in [0, 0.1) is 0 Å². The van der Waals surface area contributed by atoms with Crippen LogP contribution in [0.1, 0.15) is 265 Å². The zero-order chi connectivity index (χ0) is 52.9. The highest BCUT2D eigenvalue weighted by Crippen LogP contribution is 2.14. The van der Waals surface area contributed by atoms with E-state index in [-0.39, 0.29) is 31.1 Å². The summed E-state index contributed by atoms with van der Waals surface area (Å²) in [5, 5.41) is 0. The zero-order valence-corrected chi connectivity index (χ0v) is 47.4. The Morgan fingerprint density at radius 1 is 0.288 bits per heavy atom. The first-order chi connectivity index (χ1) is 36.0. The summed E-state index contributed by atoms with van der Waals surface area (Å²) in [6.45, 7) is 6.38. The lowest BCUT2D eigenvalue weighted by atomic mass is 10.1. The van der Waals surface area contributed by atoms with Gasteiger partial charge < -0.3 is 14.2 Å². The van der Waals surface area contributed by atoms with Crippen molar-refractivity contribution in [2.75, 3.05) is 13.2 Å². The molecule has 414 valence electrons. The van der Waals surface area contributed by atoms with Crippen LogP contribution in [-0.2, 0) is 28.6 Å². The molecule has 73 heavy (non-hydrogen) atoms. The number of allylic oxidation sites excluding steroid dienone is 20. The molecule has 0 aromatic carbocycles. The topological polar surface area (TPSA) is 78.9 Å². The minimum Gasteiger partial charge on any atom is -0.462 e. The highest BCUT2D eigenvalue weighted by atomic mass is 16.6.